The lowest BCUT2D eigenvalue weighted by atomic mass is 10.1. The summed E-state index contributed by atoms with van der Waals surface area (Å²) < 4.78 is 37.7. The summed E-state index contributed by atoms with van der Waals surface area (Å²) >= 11 is 0. The maximum absolute atomic E-state index is 12.6. The molecule has 3 N–H and O–H groups in total. The minimum atomic E-state index is -4.57. The zero-order chi connectivity index (χ0) is 15.6. The summed E-state index contributed by atoms with van der Waals surface area (Å²) in [5, 5.41) is 2.92. The lowest BCUT2D eigenvalue weighted by Crippen LogP contribution is -2.44. The van der Waals surface area contributed by atoms with E-state index in [2.05, 4.69) is 15.3 Å². The third-order valence-corrected chi connectivity index (χ3v) is 3.32. The normalized spacial score (nSPS) is 19.4. The van der Waals surface area contributed by atoms with Gasteiger partial charge in [0.05, 0.1) is 0 Å². The Morgan fingerprint density at radius 2 is 2.24 bits per heavy atom. The van der Waals surface area contributed by atoms with Crippen LogP contribution in [0.3, 0.4) is 0 Å². The van der Waals surface area contributed by atoms with Crippen molar-refractivity contribution in [2.75, 3.05) is 24.1 Å². The van der Waals surface area contributed by atoms with Gasteiger partial charge in [-0.25, -0.2) is 4.98 Å². The third-order valence-electron chi connectivity index (χ3n) is 3.32. The van der Waals surface area contributed by atoms with Crippen molar-refractivity contribution in [2.45, 2.75) is 32.0 Å². The number of anilines is 2. The summed E-state index contributed by atoms with van der Waals surface area (Å²) in [7, 11) is 0. The molecular weight excluding hydrogens is 287 g/mol. The summed E-state index contributed by atoms with van der Waals surface area (Å²) in [5.41, 5.74) is 4.26. The van der Waals surface area contributed by atoms with Gasteiger partial charge in [0.2, 0.25) is 11.9 Å². The molecule has 0 saturated carbocycles. The molecule has 1 saturated heterocycles. The van der Waals surface area contributed by atoms with E-state index in [0.717, 1.165) is 12.8 Å². The predicted octanol–water partition coefficient (Wildman–Crippen LogP) is 1.50. The van der Waals surface area contributed by atoms with E-state index >= 15 is 0 Å². The number of nitrogens with zero attached hydrogens (tertiary/aromatic N) is 3. The molecule has 0 bridgehead atoms. The Morgan fingerprint density at radius 3 is 2.81 bits per heavy atom. The first-order valence-electron chi connectivity index (χ1n) is 6.49. The van der Waals surface area contributed by atoms with E-state index in [9.17, 15) is 18.0 Å². The summed E-state index contributed by atoms with van der Waals surface area (Å²) in [6, 6.07) is -0.0983. The average Bonchev–Trinajstić information content (AvgIpc) is 2.37. The fraction of sp³-hybridized carbons (Fsp3) is 0.583. The average molecular weight is 303 g/mol. The molecule has 2 rings (SSSR count). The number of nitrogens with two attached hydrogens (primary N) is 1. The maximum atomic E-state index is 12.6. The molecule has 2 heterocycles. The predicted molar refractivity (Wildman–Crippen MR) is 70.3 cm³/mol. The van der Waals surface area contributed by atoms with Crippen molar-refractivity contribution in [2.24, 2.45) is 0 Å². The molecule has 116 valence electrons. The molecule has 1 aliphatic heterocycles. The number of alkyl halides is 3. The Balaban J connectivity index is 2.06. The highest BCUT2D eigenvalue weighted by Gasteiger charge is 2.34. The molecule has 1 aromatic rings. The van der Waals surface area contributed by atoms with Gasteiger partial charge in [-0.2, -0.15) is 18.2 Å². The van der Waals surface area contributed by atoms with Crippen LogP contribution in [0.15, 0.2) is 6.20 Å². The van der Waals surface area contributed by atoms with Gasteiger partial charge in [0.25, 0.3) is 0 Å². The summed E-state index contributed by atoms with van der Waals surface area (Å²) in [5.74, 6) is -0.607. The van der Waals surface area contributed by atoms with Gasteiger partial charge >= 0.3 is 6.18 Å². The Morgan fingerprint density at radius 1 is 1.52 bits per heavy atom. The second-order valence-corrected chi connectivity index (χ2v) is 4.94. The van der Waals surface area contributed by atoms with Crippen LogP contribution in [0.2, 0.25) is 0 Å². The zero-order valence-corrected chi connectivity index (χ0v) is 11.4. The number of likely N-dealkylation sites (tertiary alicyclic amines) is 1. The molecule has 0 radical (unpaired) electrons. The lowest BCUT2D eigenvalue weighted by Gasteiger charge is -2.32. The molecule has 21 heavy (non-hydrogen) atoms. The molecule has 0 aliphatic carbocycles. The first-order valence-corrected chi connectivity index (χ1v) is 6.49. The molecule has 0 spiro atoms. The highest BCUT2D eigenvalue weighted by Crippen LogP contribution is 2.32. The topological polar surface area (TPSA) is 84.1 Å². The van der Waals surface area contributed by atoms with Crippen LogP contribution in [-0.4, -0.2) is 39.9 Å². The van der Waals surface area contributed by atoms with Gasteiger partial charge in [-0.1, -0.05) is 0 Å². The van der Waals surface area contributed by atoms with Crippen molar-refractivity contribution in [1.29, 1.82) is 0 Å². The number of carbonyl (C=O) groups is 1. The van der Waals surface area contributed by atoms with Gasteiger partial charge in [-0.3, -0.25) is 4.79 Å². The van der Waals surface area contributed by atoms with Crippen LogP contribution in [0.25, 0.3) is 0 Å². The number of halogens is 3. The minimum Gasteiger partial charge on any atom is -0.383 e. The van der Waals surface area contributed by atoms with Gasteiger partial charge in [-0.05, 0) is 12.8 Å². The number of amides is 1. The smallest absolute Gasteiger partial charge is 0.383 e. The number of rotatable bonds is 2. The molecule has 6 nitrogen and oxygen atoms in total. The molecular formula is C12H16F3N5O. The second-order valence-electron chi connectivity index (χ2n) is 4.94. The van der Waals surface area contributed by atoms with Gasteiger partial charge in [0.15, 0.2) is 0 Å². The van der Waals surface area contributed by atoms with E-state index in [1.807, 2.05) is 0 Å². The van der Waals surface area contributed by atoms with E-state index in [-0.39, 0.29) is 17.9 Å². The van der Waals surface area contributed by atoms with Crippen LogP contribution in [0.5, 0.6) is 0 Å². The number of hydrogen-bond acceptors (Lipinski definition) is 5. The molecule has 1 aromatic heterocycles. The van der Waals surface area contributed by atoms with Gasteiger partial charge in [-0.15, -0.1) is 0 Å². The molecule has 1 amide bonds. The Bertz CT molecular complexity index is 534. The van der Waals surface area contributed by atoms with Crippen molar-refractivity contribution >= 4 is 17.7 Å². The summed E-state index contributed by atoms with van der Waals surface area (Å²) in [4.78, 5) is 20.3. The standard InChI is InChI=1S/C12H16F3N5O/c1-7(21)20-4-2-3-8(6-20)18-11-17-5-9(10(16)19-11)12(13,14)15/h5,8H,2-4,6H2,1H3,(H3,16,17,18,19)/t8-/m0/s1. The lowest BCUT2D eigenvalue weighted by molar-refractivity contribution is -0.137. The number of nitrogen functional groups attached to an aromatic ring is 1. The van der Waals surface area contributed by atoms with Crippen molar-refractivity contribution < 1.29 is 18.0 Å². The van der Waals surface area contributed by atoms with Crippen LogP contribution in [0, 0.1) is 0 Å². The van der Waals surface area contributed by atoms with Crippen LogP contribution < -0.4 is 11.1 Å². The molecule has 1 atom stereocenters. The van der Waals surface area contributed by atoms with Crippen LogP contribution in [-0.2, 0) is 11.0 Å². The number of hydrogen-bond donors (Lipinski definition) is 2. The molecule has 9 heteroatoms. The molecule has 0 unspecified atom stereocenters. The Hall–Kier alpha value is -2.06. The zero-order valence-electron chi connectivity index (χ0n) is 11.4. The van der Waals surface area contributed by atoms with Gasteiger partial charge in [0, 0.05) is 32.3 Å². The number of carbonyl (C=O) groups excluding carboxylic acids is 1. The van der Waals surface area contributed by atoms with E-state index in [1.165, 1.54) is 6.92 Å². The third kappa shape index (κ3) is 3.73. The molecule has 0 aromatic carbocycles. The highest BCUT2D eigenvalue weighted by atomic mass is 19.4. The molecule has 1 aliphatic rings. The number of piperidine rings is 1. The van der Waals surface area contributed by atoms with E-state index in [0.29, 0.717) is 19.3 Å². The van der Waals surface area contributed by atoms with Gasteiger partial charge in [0.1, 0.15) is 11.4 Å². The van der Waals surface area contributed by atoms with E-state index < -0.39 is 17.6 Å². The Kier molecular flexibility index (Phi) is 4.19. The van der Waals surface area contributed by atoms with Crippen LogP contribution >= 0.6 is 0 Å². The number of nitrogens with one attached hydrogen (secondary N) is 1. The van der Waals surface area contributed by atoms with Gasteiger partial charge < -0.3 is 16.0 Å². The monoisotopic (exact) mass is 303 g/mol. The first-order chi connectivity index (χ1) is 9.77. The molecule has 1 fully saturated rings. The maximum Gasteiger partial charge on any atom is 0.421 e. The quantitative estimate of drug-likeness (QED) is 0.865. The SMILES string of the molecule is CC(=O)N1CCC[C@H](Nc2ncc(C(F)(F)F)c(N)n2)C1. The first kappa shape index (κ1) is 15.3. The second kappa shape index (κ2) is 5.74. The minimum absolute atomic E-state index is 0.0330. The summed E-state index contributed by atoms with van der Waals surface area (Å²) in [6.45, 7) is 2.64. The summed E-state index contributed by atoms with van der Waals surface area (Å²) in [6.07, 6.45) is -2.31. The van der Waals surface area contributed by atoms with E-state index in [1.54, 1.807) is 4.90 Å². The highest BCUT2D eigenvalue weighted by molar-refractivity contribution is 5.73. The van der Waals surface area contributed by atoms with Crippen molar-refractivity contribution in [3.05, 3.63) is 11.8 Å². The van der Waals surface area contributed by atoms with Crippen molar-refractivity contribution in [1.82, 2.24) is 14.9 Å². The number of aromatic nitrogens is 2. The largest absolute Gasteiger partial charge is 0.421 e. The fourth-order valence-electron chi connectivity index (χ4n) is 2.25. The van der Waals surface area contributed by atoms with Crippen molar-refractivity contribution in [3.8, 4) is 0 Å². The van der Waals surface area contributed by atoms with Crippen LogP contribution in [0.1, 0.15) is 25.3 Å². The van der Waals surface area contributed by atoms with Crippen molar-refractivity contribution in [3.63, 3.8) is 0 Å². The fourth-order valence-corrected chi connectivity index (χ4v) is 2.25. The van der Waals surface area contributed by atoms with E-state index in [4.69, 9.17) is 5.73 Å². The van der Waals surface area contributed by atoms with Crippen LogP contribution in [0.4, 0.5) is 24.9 Å². The Labute approximate surface area is 119 Å².